The number of allylic oxidation sites excluding steroid dienone is 3. The number of carbonyl (C=O) groups excluding carboxylic acids is 1. The molecule has 0 radical (unpaired) electrons. The van der Waals surface area contributed by atoms with E-state index in [4.69, 9.17) is 0 Å². The zero-order valence-corrected chi connectivity index (χ0v) is 12.9. The molecule has 1 amide bonds. The number of nitrogens with one attached hydrogen (secondary N) is 1. The minimum Gasteiger partial charge on any atom is -0.267 e. The summed E-state index contributed by atoms with van der Waals surface area (Å²) in [5, 5.41) is 4.30. The van der Waals surface area contributed by atoms with Crippen molar-refractivity contribution in [2.45, 2.75) is 33.6 Å². The number of carbonyl (C=O) groups is 1. The predicted molar refractivity (Wildman–Crippen MR) is 87.4 cm³/mol. The highest BCUT2D eigenvalue weighted by Gasteiger charge is 2.18. The molecule has 3 heteroatoms. The van der Waals surface area contributed by atoms with Gasteiger partial charge in [0.15, 0.2) is 0 Å². The summed E-state index contributed by atoms with van der Waals surface area (Å²) in [5.41, 5.74) is 7.65. The number of hydrogen-bond acceptors (Lipinski definition) is 2. The highest BCUT2D eigenvalue weighted by atomic mass is 16.2. The van der Waals surface area contributed by atoms with Gasteiger partial charge in [-0.2, -0.15) is 5.10 Å². The summed E-state index contributed by atoms with van der Waals surface area (Å²) < 4.78 is 0. The monoisotopic (exact) mass is 282 g/mol. The van der Waals surface area contributed by atoms with E-state index in [-0.39, 0.29) is 5.91 Å². The molecule has 1 aliphatic carbocycles. The van der Waals surface area contributed by atoms with E-state index in [0.717, 1.165) is 35.3 Å². The van der Waals surface area contributed by atoms with Crippen molar-refractivity contribution in [2.75, 3.05) is 0 Å². The normalized spacial score (nSPS) is 20.0. The Bertz CT molecular complexity index is 609. The van der Waals surface area contributed by atoms with Crippen LogP contribution in [0.5, 0.6) is 0 Å². The van der Waals surface area contributed by atoms with Crippen molar-refractivity contribution in [2.24, 2.45) is 11.0 Å². The number of rotatable bonds is 3. The van der Waals surface area contributed by atoms with Gasteiger partial charge >= 0.3 is 0 Å². The lowest BCUT2D eigenvalue weighted by atomic mass is 9.85. The summed E-state index contributed by atoms with van der Waals surface area (Å²) in [7, 11) is 0. The number of hydrogen-bond donors (Lipinski definition) is 1. The topological polar surface area (TPSA) is 41.5 Å². The zero-order valence-electron chi connectivity index (χ0n) is 12.9. The maximum absolute atomic E-state index is 12.1. The Kier molecular flexibility index (Phi) is 4.73. The lowest BCUT2D eigenvalue weighted by Crippen LogP contribution is -2.23. The molecule has 0 fully saturated rings. The molecule has 0 spiro atoms. The van der Waals surface area contributed by atoms with Gasteiger partial charge in [-0.3, -0.25) is 4.79 Å². The highest BCUT2D eigenvalue weighted by molar-refractivity contribution is 6.02. The standard InChI is InChI=1S/C18H22N2O/c1-12(2)16-10-7-14(4)17(11-16)19-20-18(21)15-8-5-13(3)6-9-15/h5-9,16H,1,10-11H2,2-4H3,(H,20,21)/b19-17+/t16-/m0/s1. The molecule has 0 aliphatic heterocycles. The van der Waals surface area contributed by atoms with Crippen LogP contribution in [-0.2, 0) is 0 Å². The first-order chi connectivity index (χ1) is 9.97. The average Bonchev–Trinajstić information content (AvgIpc) is 2.46. The molecule has 0 heterocycles. The van der Waals surface area contributed by atoms with Crippen molar-refractivity contribution in [3.05, 3.63) is 59.2 Å². The first-order valence-electron chi connectivity index (χ1n) is 7.23. The maximum Gasteiger partial charge on any atom is 0.271 e. The van der Waals surface area contributed by atoms with Gasteiger partial charge in [0.1, 0.15) is 0 Å². The Hall–Kier alpha value is -2.16. The van der Waals surface area contributed by atoms with Crippen LogP contribution < -0.4 is 5.43 Å². The molecular formula is C18H22N2O. The van der Waals surface area contributed by atoms with Crippen molar-refractivity contribution in [3.63, 3.8) is 0 Å². The third-order valence-electron chi connectivity index (χ3n) is 3.91. The van der Waals surface area contributed by atoms with Crippen LogP contribution in [0.15, 0.2) is 53.2 Å². The van der Waals surface area contributed by atoms with Crippen molar-refractivity contribution >= 4 is 11.6 Å². The highest BCUT2D eigenvalue weighted by Crippen LogP contribution is 2.26. The smallest absolute Gasteiger partial charge is 0.267 e. The summed E-state index contributed by atoms with van der Waals surface area (Å²) in [5.74, 6) is 0.247. The van der Waals surface area contributed by atoms with E-state index in [1.165, 1.54) is 0 Å². The van der Waals surface area contributed by atoms with E-state index >= 15 is 0 Å². The van der Waals surface area contributed by atoms with E-state index in [0.29, 0.717) is 11.5 Å². The lowest BCUT2D eigenvalue weighted by molar-refractivity contribution is 0.0954. The van der Waals surface area contributed by atoms with E-state index < -0.39 is 0 Å². The molecule has 0 bridgehead atoms. The van der Waals surface area contributed by atoms with Crippen LogP contribution in [0.1, 0.15) is 42.6 Å². The molecule has 1 aromatic rings. The molecule has 1 aromatic carbocycles. The maximum atomic E-state index is 12.1. The molecule has 2 rings (SSSR count). The number of amides is 1. The Morgan fingerprint density at radius 2 is 1.95 bits per heavy atom. The van der Waals surface area contributed by atoms with E-state index in [1.807, 2.05) is 45.0 Å². The average molecular weight is 282 g/mol. The molecule has 0 unspecified atom stereocenters. The van der Waals surface area contributed by atoms with Gasteiger partial charge in [-0.05, 0) is 57.2 Å². The zero-order chi connectivity index (χ0) is 15.4. The van der Waals surface area contributed by atoms with Gasteiger partial charge in [-0.25, -0.2) is 5.43 Å². The van der Waals surface area contributed by atoms with Crippen LogP contribution in [0.3, 0.4) is 0 Å². The van der Waals surface area contributed by atoms with Crippen molar-refractivity contribution in [1.82, 2.24) is 5.43 Å². The molecule has 1 N–H and O–H groups in total. The fourth-order valence-electron chi connectivity index (χ4n) is 2.31. The fraction of sp³-hybridized carbons (Fsp3) is 0.333. The first-order valence-corrected chi connectivity index (χ1v) is 7.23. The molecule has 1 aliphatic rings. The Balaban J connectivity index is 2.07. The first kappa shape index (κ1) is 15.2. The predicted octanol–water partition coefficient (Wildman–Crippen LogP) is 4.01. The summed E-state index contributed by atoms with van der Waals surface area (Å²) in [4.78, 5) is 12.1. The van der Waals surface area contributed by atoms with Crippen LogP contribution >= 0.6 is 0 Å². The van der Waals surface area contributed by atoms with Crippen LogP contribution in [0.2, 0.25) is 0 Å². The van der Waals surface area contributed by atoms with Crippen molar-refractivity contribution in [3.8, 4) is 0 Å². The number of nitrogens with zero attached hydrogens (tertiary/aromatic N) is 1. The van der Waals surface area contributed by atoms with Gasteiger partial charge in [-0.15, -0.1) is 0 Å². The van der Waals surface area contributed by atoms with Crippen LogP contribution in [0.25, 0.3) is 0 Å². The molecule has 0 saturated heterocycles. The molecule has 21 heavy (non-hydrogen) atoms. The van der Waals surface area contributed by atoms with Crippen molar-refractivity contribution < 1.29 is 4.79 Å². The second-order valence-electron chi connectivity index (χ2n) is 5.74. The lowest BCUT2D eigenvalue weighted by Gasteiger charge is -2.22. The summed E-state index contributed by atoms with van der Waals surface area (Å²) in [6, 6.07) is 7.46. The quantitative estimate of drug-likeness (QED) is 0.660. The summed E-state index contributed by atoms with van der Waals surface area (Å²) in [6.07, 6.45) is 4.01. The number of benzene rings is 1. The van der Waals surface area contributed by atoms with E-state index in [1.54, 1.807) is 0 Å². The molecule has 0 aromatic heterocycles. The second-order valence-corrected chi connectivity index (χ2v) is 5.74. The Morgan fingerprint density at radius 1 is 1.29 bits per heavy atom. The Labute approximate surface area is 126 Å². The molecule has 110 valence electrons. The van der Waals surface area contributed by atoms with Gasteiger partial charge in [0.05, 0.1) is 5.71 Å². The molecule has 1 atom stereocenters. The molecule has 3 nitrogen and oxygen atoms in total. The van der Waals surface area contributed by atoms with E-state index in [2.05, 4.69) is 23.2 Å². The number of aryl methyl sites for hydroxylation is 1. The molecular weight excluding hydrogens is 260 g/mol. The summed E-state index contributed by atoms with van der Waals surface area (Å²) >= 11 is 0. The second kappa shape index (κ2) is 6.53. The largest absolute Gasteiger partial charge is 0.271 e. The van der Waals surface area contributed by atoms with E-state index in [9.17, 15) is 4.79 Å². The minimum absolute atomic E-state index is 0.173. The number of hydrazone groups is 1. The fourth-order valence-corrected chi connectivity index (χ4v) is 2.31. The van der Waals surface area contributed by atoms with Gasteiger partial charge in [0, 0.05) is 5.56 Å². The Morgan fingerprint density at radius 3 is 2.57 bits per heavy atom. The van der Waals surface area contributed by atoms with Crippen molar-refractivity contribution in [1.29, 1.82) is 0 Å². The third kappa shape index (κ3) is 3.91. The van der Waals surface area contributed by atoms with Gasteiger partial charge in [0.2, 0.25) is 0 Å². The van der Waals surface area contributed by atoms with Gasteiger partial charge < -0.3 is 0 Å². The SMILES string of the molecule is C=C(C)[C@H]1CC=C(C)/C(=N/NC(=O)c2ccc(C)cc2)C1. The third-order valence-corrected chi connectivity index (χ3v) is 3.91. The van der Waals surface area contributed by atoms with Crippen LogP contribution in [0.4, 0.5) is 0 Å². The van der Waals surface area contributed by atoms with Crippen LogP contribution in [-0.4, -0.2) is 11.6 Å². The summed E-state index contributed by atoms with van der Waals surface area (Å²) in [6.45, 7) is 10.1. The van der Waals surface area contributed by atoms with Gasteiger partial charge in [0.25, 0.3) is 5.91 Å². The van der Waals surface area contributed by atoms with Gasteiger partial charge in [-0.1, -0.05) is 35.9 Å². The minimum atomic E-state index is -0.173. The molecule has 0 saturated carbocycles. The van der Waals surface area contributed by atoms with Crippen LogP contribution in [0, 0.1) is 12.8 Å².